The van der Waals surface area contributed by atoms with Gasteiger partial charge in [-0.05, 0) is 121 Å². The predicted molar refractivity (Wildman–Crippen MR) is 187 cm³/mol. The molecule has 6 nitrogen and oxygen atoms in total. The van der Waals surface area contributed by atoms with Crippen molar-refractivity contribution < 1.29 is 14.3 Å². The topological polar surface area (TPSA) is 54.0 Å². The summed E-state index contributed by atoms with van der Waals surface area (Å²) < 4.78 is 13.4. The summed E-state index contributed by atoms with van der Waals surface area (Å²) in [6.45, 7) is 8.76. The summed E-state index contributed by atoms with van der Waals surface area (Å²) in [6.07, 6.45) is 3.49. The first kappa shape index (κ1) is 30.3. The maximum atomic E-state index is 11.8. The molecule has 3 heterocycles. The summed E-state index contributed by atoms with van der Waals surface area (Å²) in [4.78, 5) is 17.5. The molecule has 0 spiro atoms. The van der Waals surface area contributed by atoms with E-state index in [0.29, 0.717) is 26.3 Å². The van der Waals surface area contributed by atoms with E-state index >= 15 is 0 Å². The van der Waals surface area contributed by atoms with Crippen LogP contribution in [0.15, 0.2) is 91.0 Å². The molecule has 2 amide bonds. The molecular formula is C39H41N3O3S. The Morgan fingerprint density at radius 2 is 1.63 bits per heavy atom. The van der Waals surface area contributed by atoms with Crippen LogP contribution in [0.2, 0.25) is 0 Å². The first-order chi connectivity index (χ1) is 22.6. The molecule has 0 unspecified atom stereocenters. The van der Waals surface area contributed by atoms with Crippen LogP contribution in [0.25, 0.3) is 20.5 Å². The van der Waals surface area contributed by atoms with Gasteiger partial charge in [-0.1, -0.05) is 48.5 Å². The highest BCUT2D eigenvalue weighted by Gasteiger charge is 2.20. The first-order valence-corrected chi connectivity index (χ1v) is 17.2. The molecule has 2 saturated heterocycles. The molecule has 5 aromatic rings. The van der Waals surface area contributed by atoms with Gasteiger partial charge >= 0.3 is 6.03 Å². The average Bonchev–Trinajstić information content (AvgIpc) is 3.83. The van der Waals surface area contributed by atoms with Crippen molar-refractivity contribution in [3.05, 3.63) is 119 Å². The Bertz CT molecular complexity index is 1800. The van der Waals surface area contributed by atoms with Crippen molar-refractivity contribution in [1.82, 2.24) is 15.1 Å². The summed E-state index contributed by atoms with van der Waals surface area (Å²) in [5, 5.41) is 4.11. The minimum atomic E-state index is -0.0127. The molecule has 2 aliphatic rings. The molecule has 2 aliphatic heterocycles. The van der Waals surface area contributed by atoms with E-state index in [9.17, 15) is 4.79 Å². The van der Waals surface area contributed by atoms with Gasteiger partial charge in [0.2, 0.25) is 0 Å². The van der Waals surface area contributed by atoms with E-state index in [1.54, 1.807) is 4.90 Å². The van der Waals surface area contributed by atoms with Gasteiger partial charge in [0.05, 0.1) is 6.54 Å². The molecule has 0 saturated carbocycles. The van der Waals surface area contributed by atoms with E-state index in [2.05, 4.69) is 77.8 Å². The second-order valence-electron chi connectivity index (χ2n) is 12.4. The molecule has 7 rings (SSSR count). The molecule has 4 aromatic carbocycles. The zero-order valence-electron chi connectivity index (χ0n) is 26.5. The summed E-state index contributed by atoms with van der Waals surface area (Å²) in [6, 6.07) is 32.2. The van der Waals surface area contributed by atoms with Gasteiger partial charge in [-0.15, -0.1) is 11.3 Å². The summed E-state index contributed by atoms with van der Waals surface area (Å²) in [5.74, 6) is 1.69. The van der Waals surface area contributed by atoms with Gasteiger partial charge < -0.3 is 19.7 Å². The van der Waals surface area contributed by atoms with Crippen molar-refractivity contribution in [2.45, 2.75) is 39.3 Å². The third kappa shape index (κ3) is 7.06. The molecule has 2 fully saturated rings. The molecule has 0 aliphatic carbocycles. The Hall–Kier alpha value is -4.33. The molecule has 0 bridgehead atoms. The van der Waals surface area contributed by atoms with Crippen molar-refractivity contribution in [3.8, 4) is 21.9 Å². The van der Waals surface area contributed by atoms with Gasteiger partial charge in [0.15, 0.2) is 0 Å². The van der Waals surface area contributed by atoms with Gasteiger partial charge in [0, 0.05) is 29.2 Å². The molecule has 1 N–H and O–H groups in total. The number of thiophene rings is 1. The monoisotopic (exact) mass is 631 g/mol. The van der Waals surface area contributed by atoms with Crippen LogP contribution < -0.4 is 14.8 Å². The number of benzene rings is 4. The summed E-state index contributed by atoms with van der Waals surface area (Å²) in [5.41, 5.74) is 7.81. The van der Waals surface area contributed by atoms with Crippen LogP contribution in [0, 0.1) is 6.92 Å². The highest BCUT2D eigenvalue weighted by Crippen LogP contribution is 2.42. The number of carbonyl (C=O) groups is 1. The van der Waals surface area contributed by atoms with Crippen molar-refractivity contribution in [1.29, 1.82) is 0 Å². The second-order valence-corrected chi connectivity index (χ2v) is 13.4. The fourth-order valence-electron chi connectivity index (χ4n) is 6.50. The first-order valence-electron chi connectivity index (χ1n) is 16.4. The number of aryl methyl sites for hydroxylation is 1. The number of hydrogen-bond acceptors (Lipinski definition) is 5. The molecule has 0 atom stereocenters. The van der Waals surface area contributed by atoms with Crippen LogP contribution in [-0.4, -0.2) is 55.2 Å². The Morgan fingerprint density at radius 1 is 0.826 bits per heavy atom. The number of rotatable bonds is 12. The minimum absolute atomic E-state index is 0.0127. The number of nitrogens with one attached hydrogen (secondary N) is 1. The van der Waals surface area contributed by atoms with Crippen molar-refractivity contribution >= 4 is 27.5 Å². The van der Waals surface area contributed by atoms with Crippen molar-refractivity contribution in [2.24, 2.45) is 0 Å². The second kappa shape index (κ2) is 14.0. The molecule has 1 aromatic heterocycles. The summed E-state index contributed by atoms with van der Waals surface area (Å²) >= 11 is 1.82. The lowest BCUT2D eigenvalue weighted by molar-refractivity contribution is 0.202. The van der Waals surface area contributed by atoms with Crippen LogP contribution in [0.3, 0.4) is 0 Å². The number of ether oxygens (including phenoxy) is 2. The largest absolute Gasteiger partial charge is 0.492 e. The van der Waals surface area contributed by atoms with Gasteiger partial charge in [0.1, 0.15) is 24.7 Å². The van der Waals surface area contributed by atoms with E-state index in [1.165, 1.54) is 68.7 Å². The maximum Gasteiger partial charge on any atom is 0.317 e. The fourth-order valence-corrected chi connectivity index (χ4v) is 7.76. The number of likely N-dealkylation sites (tertiary alicyclic amines) is 1. The van der Waals surface area contributed by atoms with E-state index in [4.69, 9.17) is 9.47 Å². The highest BCUT2D eigenvalue weighted by molar-refractivity contribution is 7.22. The quantitative estimate of drug-likeness (QED) is 0.151. The third-order valence-corrected chi connectivity index (χ3v) is 10.3. The Morgan fingerprint density at radius 3 is 2.39 bits per heavy atom. The minimum Gasteiger partial charge on any atom is -0.492 e. The number of fused-ring (bicyclic) bond motifs is 1. The van der Waals surface area contributed by atoms with Gasteiger partial charge in [-0.25, -0.2) is 4.79 Å². The highest BCUT2D eigenvalue weighted by atomic mass is 32.1. The molecular weight excluding hydrogens is 591 g/mol. The van der Waals surface area contributed by atoms with Gasteiger partial charge in [-0.2, -0.15) is 0 Å². The van der Waals surface area contributed by atoms with Crippen LogP contribution in [0.5, 0.6) is 11.5 Å². The van der Waals surface area contributed by atoms with E-state index < -0.39 is 0 Å². The SMILES string of the molecule is Cc1cc(Cc2c(-c3ccc(OCCN4CCNC4=O)cc3)sc3cc(OCc4ccccc4)ccc23)ccc1CN1CCCC1. The van der Waals surface area contributed by atoms with E-state index in [0.717, 1.165) is 36.6 Å². The van der Waals surface area contributed by atoms with Crippen LogP contribution >= 0.6 is 11.3 Å². The average molecular weight is 632 g/mol. The van der Waals surface area contributed by atoms with E-state index in [1.807, 2.05) is 41.7 Å². The van der Waals surface area contributed by atoms with E-state index in [-0.39, 0.29) is 6.03 Å². The fraction of sp³-hybridized carbons (Fsp3) is 0.308. The number of carbonyl (C=O) groups excluding carboxylic acids is 1. The zero-order valence-corrected chi connectivity index (χ0v) is 27.3. The van der Waals surface area contributed by atoms with Crippen LogP contribution in [-0.2, 0) is 19.6 Å². The maximum absolute atomic E-state index is 11.8. The number of hydrogen-bond donors (Lipinski definition) is 1. The number of amides is 2. The lowest BCUT2D eigenvalue weighted by atomic mass is 9.96. The van der Waals surface area contributed by atoms with Crippen LogP contribution in [0.4, 0.5) is 4.79 Å². The number of nitrogens with zero attached hydrogens (tertiary/aromatic N) is 2. The Kier molecular flexibility index (Phi) is 9.22. The van der Waals surface area contributed by atoms with Gasteiger partial charge in [-0.3, -0.25) is 4.90 Å². The van der Waals surface area contributed by atoms with Gasteiger partial charge in [0.25, 0.3) is 0 Å². The normalized spacial score (nSPS) is 15.1. The Labute approximate surface area is 275 Å². The lowest BCUT2D eigenvalue weighted by Crippen LogP contribution is -2.31. The smallest absolute Gasteiger partial charge is 0.317 e. The standard InChI is InChI=1S/C39H41N3O3S/c1-28-23-30(9-10-32(28)26-41-18-5-6-19-41)24-36-35-16-15-34(45-27-29-7-3-2-4-8-29)25-37(35)46-38(36)31-11-13-33(14-12-31)44-22-21-42-20-17-40-39(42)43/h2-4,7-16,23,25H,5-6,17-22,24,26-27H2,1H3,(H,40,43). The number of urea groups is 1. The lowest BCUT2D eigenvalue weighted by Gasteiger charge is -2.17. The molecule has 0 radical (unpaired) electrons. The van der Waals surface area contributed by atoms with Crippen molar-refractivity contribution in [3.63, 3.8) is 0 Å². The predicted octanol–water partition coefficient (Wildman–Crippen LogP) is 8.05. The summed E-state index contributed by atoms with van der Waals surface area (Å²) in [7, 11) is 0. The molecule has 7 heteroatoms. The zero-order chi connectivity index (χ0) is 31.3. The molecule has 236 valence electrons. The molecule has 46 heavy (non-hydrogen) atoms. The Balaban J connectivity index is 1.14. The van der Waals surface area contributed by atoms with Crippen LogP contribution in [0.1, 0.15) is 40.7 Å². The third-order valence-electron chi connectivity index (χ3n) is 9.08. The van der Waals surface area contributed by atoms with Crippen molar-refractivity contribution in [2.75, 3.05) is 39.3 Å².